The van der Waals surface area contributed by atoms with Gasteiger partial charge in [-0.05, 0) is 25.8 Å². The highest BCUT2D eigenvalue weighted by Crippen LogP contribution is 2.02. The van der Waals surface area contributed by atoms with E-state index < -0.39 is 6.10 Å². The molecule has 0 radical (unpaired) electrons. The lowest BCUT2D eigenvalue weighted by Crippen LogP contribution is -2.35. The Bertz CT molecular complexity index is 90.5. The highest BCUT2D eigenvalue weighted by Gasteiger charge is 2.12. The lowest BCUT2D eigenvalue weighted by Gasteiger charge is -2.16. The molecule has 68 valence electrons. The lowest BCUT2D eigenvalue weighted by molar-refractivity contribution is 0.118. The molecule has 0 aliphatic heterocycles. The fourth-order valence-electron chi connectivity index (χ4n) is 0.883. The van der Waals surface area contributed by atoms with Crippen LogP contribution in [0.25, 0.3) is 0 Å². The topological polar surface area (TPSA) is 92.5 Å². The highest BCUT2D eigenvalue weighted by atomic mass is 16.3. The number of aliphatic hydroxyl groups excluding tert-OH is 2. The van der Waals surface area contributed by atoms with Crippen LogP contribution in [-0.4, -0.2) is 35.5 Å². The Balaban J connectivity index is 3.38. The Morgan fingerprint density at radius 2 is 1.91 bits per heavy atom. The maximum absolute atomic E-state index is 9.29. The van der Waals surface area contributed by atoms with Crippen molar-refractivity contribution in [2.24, 2.45) is 11.5 Å². The smallest absolute Gasteiger partial charge is 0.0692 e. The van der Waals surface area contributed by atoms with Gasteiger partial charge in [-0.1, -0.05) is 0 Å². The van der Waals surface area contributed by atoms with Gasteiger partial charge in [0.1, 0.15) is 0 Å². The normalized spacial score (nSPS) is 16.4. The zero-order valence-electron chi connectivity index (χ0n) is 6.74. The molecule has 2 atom stereocenters. The zero-order valence-corrected chi connectivity index (χ0v) is 6.74. The first kappa shape index (κ1) is 10.8. The summed E-state index contributed by atoms with van der Waals surface area (Å²) in [4.78, 5) is 0. The molecule has 11 heavy (non-hydrogen) atoms. The molecule has 0 saturated heterocycles. The molecule has 0 aromatic carbocycles. The van der Waals surface area contributed by atoms with Gasteiger partial charge in [0, 0.05) is 12.6 Å². The van der Waals surface area contributed by atoms with Crippen LogP contribution in [-0.2, 0) is 0 Å². The van der Waals surface area contributed by atoms with Crippen molar-refractivity contribution in [1.82, 2.24) is 0 Å². The van der Waals surface area contributed by atoms with E-state index in [-0.39, 0.29) is 12.6 Å². The van der Waals surface area contributed by atoms with Gasteiger partial charge in [-0.2, -0.15) is 0 Å². The third-order valence-corrected chi connectivity index (χ3v) is 1.66. The van der Waals surface area contributed by atoms with Crippen LogP contribution in [0, 0.1) is 0 Å². The summed E-state index contributed by atoms with van der Waals surface area (Å²) >= 11 is 0. The number of nitrogens with two attached hydrogens (primary N) is 2. The summed E-state index contributed by atoms with van der Waals surface area (Å²) < 4.78 is 0. The van der Waals surface area contributed by atoms with Crippen molar-refractivity contribution in [3.8, 4) is 0 Å². The fraction of sp³-hybridized carbons (Fsp3) is 1.00. The molecule has 0 aromatic rings. The molecule has 0 bridgehead atoms. The van der Waals surface area contributed by atoms with E-state index in [4.69, 9.17) is 16.6 Å². The average Bonchev–Trinajstić information content (AvgIpc) is 2.00. The van der Waals surface area contributed by atoms with Gasteiger partial charge in [-0.25, -0.2) is 0 Å². The third-order valence-electron chi connectivity index (χ3n) is 1.66. The first-order valence-electron chi connectivity index (χ1n) is 3.97. The van der Waals surface area contributed by atoms with Crippen molar-refractivity contribution in [1.29, 1.82) is 0 Å². The van der Waals surface area contributed by atoms with Crippen LogP contribution in [0.3, 0.4) is 0 Å². The summed E-state index contributed by atoms with van der Waals surface area (Å²) in [6.45, 7) is 0.601. The van der Waals surface area contributed by atoms with Crippen molar-refractivity contribution in [3.63, 3.8) is 0 Å². The van der Waals surface area contributed by atoms with Crippen LogP contribution >= 0.6 is 0 Å². The van der Waals surface area contributed by atoms with Gasteiger partial charge in [-0.15, -0.1) is 0 Å². The molecule has 0 aliphatic carbocycles. The number of rotatable bonds is 6. The number of aliphatic hydroxyl groups is 2. The highest BCUT2D eigenvalue weighted by molar-refractivity contribution is 4.71. The maximum atomic E-state index is 9.29. The van der Waals surface area contributed by atoms with Gasteiger partial charge in [0.2, 0.25) is 0 Å². The Morgan fingerprint density at radius 3 is 2.36 bits per heavy atom. The molecule has 0 heterocycles. The van der Waals surface area contributed by atoms with Crippen molar-refractivity contribution >= 4 is 0 Å². The van der Waals surface area contributed by atoms with E-state index in [1.807, 2.05) is 0 Å². The van der Waals surface area contributed by atoms with E-state index in [2.05, 4.69) is 0 Å². The van der Waals surface area contributed by atoms with Gasteiger partial charge in [0.25, 0.3) is 0 Å². The summed E-state index contributed by atoms with van der Waals surface area (Å²) in [5, 5.41) is 17.8. The van der Waals surface area contributed by atoms with Crippen molar-refractivity contribution in [2.45, 2.75) is 31.4 Å². The average molecular weight is 162 g/mol. The summed E-state index contributed by atoms with van der Waals surface area (Å²) in [7, 11) is 0. The molecular formula is C7H18N2O2. The molecule has 0 aromatic heterocycles. The number of hydrogen-bond donors (Lipinski definition) is 4. The Labute approximate surface area is 67.2 Å². The summed E-state index contributed by atoms with van der Waals surface area (Å²) in [5.74, 6) is 0. The number of hydrogen-bond acceptors (Lipinski definition) is 4. The second kappa shape index (κ2) is 6.54. The molecule has 0 amide bonds. The van der Waals surface area contributed by atoms with Gasteiger partial charge in [0.15, 0.2) is 0 Å². The predicted molar refractivity (Wildman–Crippen MR) is 44.0 cm³/mol. The summed E-state index contributed by atoms with van der Waals surface area (Å²) in [6, 6.07) is -0.313. The minimum atomic E-state index is -0.523. The zero-order chi connectivity index (χ0) is 8.69. The van der Waals surface area contributed by atoms with Gasteiger partial charge >= 0.3 is 0 Å². The standard InChI is InChI=1S/C7H18N2O2/c8-4-1-2-7(11)6(9)3-5-10/h6-7,10-11H,1-5,8-9H2. The Morgan fingerprint density at radius 1 is 1.27 bits per heavy atom. The van der Waals surface area contributed by atoms with Crippen LogP contribution in [0.1, 0.15) is 19.3 Å². The molecular weight excluding hydrogens is 144 g/mol. The van der Waals surface area contributed by atoms with E-state index >= 15 is 0 Å². The molecule has 4 heteroatoms. The SMILES string of the molecule is NCCCC(O)C(N)CCO. The van der Waals surface area contributed by atoms with E-state index in [0.717, 1.165) is 6.42 Å². The minimum Gasteiger partial charge on any atom is -0.396 e. The van der Waals surface area contributed by atoms with Crippen LogP contribution < -0.4 is 11.5 Å². The van der Waals surface area contributed by atoms with Crippen LogP contribution in [0.5, 0.6) is 0 Å². The summed E-state index contributed by atoms with van der Waals surface area (Å²) in [6.07, 6.45) is 1.33. The Kier molecular flexibility index (Phi) is 6.45. The summed E-state index contributed by atoms with van der Waals surface area (Å²) in [5.41, 5.74) is 10.8. The monoisotopic (exact) mass is 162 g/mol. The molecule has 0 spiro atoms. The molecule has 6 N–H and O–H groups in total. The molecule has 0 fully saturated rings. The molecule has 0 aliphatic rings. The second-order valence-corrected chi connectivity index (χ2v) is 2.67. The van der Waals surface area contributed by atoms with E-state index in [1.165, 1.54) is 0 Å². The molecule has 0 rings (SSSR count). The lowest BCUT2D eigenvalue weighted by atomic mass is 10.0. The first-order valence-corrected chi connectivity index (χ1v) is 3.97. The first-order chi connectivity index (χ1) is 5.22. The maximum Gasteiger partial charge on any atom is 0.0692 e. The van der Waals surface area contributed by atoms with E-state index in [0.29, 0.717) is 19.4 Å². The largest absolute Gasteiger partial charge is 0.396 e. The quantitative estimate of drug-likeness (QED) is 0.394. The van der Waals surface area contributed by atoms with Gasteiger partial charge < -0.3 is 21.7 Å². The molecule has 0 saturated carbocycles. The van der Waals surface area contributed by atoms with Crippen molar-refractivity contribution in [2.75, 3.05) is 13.2 Å². The van der Waals surface area contributed by atoms with Crippen LogP contribution in [0.15, 0.2) is 0 Å². The Hall–Kier alpha value is -0.160. The minimum absolute atomic E-state index is 0.0286. The van der Waals surface area contributed by atoms with Crippen LogP contribution in [0.2, 0.25) is 0 Å². The van der Waals surface area contributed by atoms with Gasteiger partial charge in [0.05, 0.1) is 6.10 Å². The second-order valence-electron chi connectivity index (χ2n) is 2.67. The van der Waals surface area contributed by atoms with Crippen molar-refractivity contribution < 1.29 is 10.2 Å². The van der Waals surface area contributed by atoms with Crippen molar-refractivity contribution in [3.05, 3.63) is 0 Å². The van der Waals surface area contributed by atoms with Crippen LogP contribution in [0.4, 0.5) is 0 Å². The third kappa shape index (κ3) is 5.15. The molecule has 2 unspecified atom stereocenters. The van der Waals surface area contributed by atoms with E-state index in [9.17, 15) is 5.11 Å². The fourth-order valence-corrected chi connectivity index (χ4v) is 0.883. The molecule has 4 nitrogen and oxygen atoms in total. The predicted octanol–water partition coefficient (Wildman–Crippen LogP) is -1.20. The van der Waals surface area contributed by atoms with E-state index in [1.54, 1.807) is 0 Å². The van der Waals surface area contributed by atoms with Gasteiger partial charge in [-0.3, -0.25) is 0 Å².